The van der Waals surface area contributed by atoms with E-state index in [-0.39, 0.29) is 12.0 Å². The quantitative estimate of drug-likeness (QED) is 0.732. The van der Waals surface area contributed by atoms with E-state index in [1.54, 1.807) is 7.11 Å². The maximum atomic E-state index is 9.77. The van der Waals surface area contributed by atoms with E-state index in [9.17, 15) is 5.11 Å². The second-order valence-electron chi connectivity index (χ2n) is 4.49. The molecule has 0 aromatic carbocycles. The van der Waals surface area contributed by atoms with Crippen LogP contribution in [0.25, 0.3) is 0 Å². The molecule has 0 aliphatic heterocycles. The van der Waals surface area contributed by atoms with E-state index in [4.69, 9.17) is 9.47 Å². The third-order valence-electron chi connectivity index (χ3n) is 3.62. The van der Waals surface area contributed by atoms with Crippen LogP contribution in [0.4, 0.5) is 0 Å². The molecule has 90 valence electrons. The topological polar surface area (TPSA) is 38.7 Å². The Bertz CT molecular complexity index is 195. The molecule has 0 spiro atoms. The molecule has 0 saturated heterocycles. The minimum absolute atomic E-state index is 0.200. The molecule has 4 unspecified atom stereocenters. The van der Waals surface area contributed by atoms with Gasteiger partial charge in [0.2, 0.25) is 0 Å². The highest BCUT2D eigenvalue weighted by atomic mass is 16.7. The van der Waals surface area contributed by atoms with Crippen LogP contribution in [0, 0.1) is 11.8 Å². The summed E-state index contributed by atoms with van der Waals surface area (Å²) in [6.45, 7) is 6.88. The highest BCUT2D eigenvalue weighted by Crippen LogP contribution is 2.43. The van der Waals surface area contributed by atoms with E-state index in [1.165, 1.54) is 0 Å². The van der Waals surface area contributed by atoms with Crippen molar-refractivity contribution in [2.75, 3.05) is 13.7 Å². The van der Waals surface area contributed by atoms with Crippen molar-refractivity contribution in [3.05, 3.63) is 0 Å². The zero-order valence-corrected chi connectivity index (χ0v) is 10.3. The van der Waals surface area contributed by atoms with Crippen LogP contribution in [-0.2, 0) is 9.47 Å². The van der Waals surface area contributed by atoms with Crippen molar-refractivity contribution in [2.45, 2.75) is 51.9 Å². The molecule has 0 radical (unpaired) electrons. The molecule has 1 aliphatic carbocycles. The van der Waals surface area contributed by atoms with Crippen LogP contribution in [0.5, 0.6) is 0 Å². The average molecular weight is 216 g/mol. The molecule has 0 heterocycles. The summed E-state index contributed by atoms with van der Waals surface area (Å²) in [5.41, 5.74) is 0. The lowest BCUT2D eigenvalue weighted by Crippen LogP contribution is -2.53. The van der Waals surface area contributed by atoms with E-state index in [2.05, 4.69) is 13.8 Å². The van der Waals surface area contributed by atoms with Crippen LogP contribution in [0.3, 0.4) is 0 Å². The second-order valence-corrected chi connectivity index (χ2v) is 4.49. The van der Waals surface area contributed by atoms with Crippen molar-refractivity contribution in [1.29, 1.82) is 0 Å². The van der Waals surface area contributed by atoms with Gasteiger partial charge in [-0.15, -0.1) is 0 Å². The first-order chi connectivity index (χ1) is 7.10. The van der Waals surface area contributed by atoms with Crippen molar-refractivity contribution < 1.29 is 14.6 Å². The molecule has 0 bridgehead atoms. The maximum Gasteiger partial charge on any atom is 0.173 e. The van der Waals surface area contributed by atoms with Crippen molar-refractivity contribution >= 4 is 0 Å². The van der Waals surface area contributed by atoms with Crippen LogP contribution < -0.4 is 0 Å². The molecular formula is C12H24O3. The highest BCUT2D eigenvalue weighted by Gasteiger charge is 2.48. The highest BCUT2D eigenvalue weighted by molar-refractivity contribution is 4.91. The summed E-state index contributed by atoms with van der Waals surface area (Å²) >= 11 is 0. The monoisotopic (exact) mass is 216 g/mol. The van der Waals surface area contributed by atoms with Gasteiger partial charge < -0.3 is 14.6 Å². The number of hydrogen-bond acceptors (Lipinski definition) is 3. The standard InChI is InChI=1S/C12H24O3/c1-5-10-8-11(13)7-9(3)12(10,14-4)15-6-2/h9-11,13H,5-8H2,1-4H3. The summed E-state index contributed by atoms with van der Waals surface area (Å²) in [5.74, 6) is 0.0558. The summed E-state index contributed by atoms with van der Waals surface area (Å²) in [4.78, 5) is 0. The second kappa shape index (κ2) is 5.28. The molecule has 3 nitrogen and oxygen atoms in total. The van der Waals surface area contributed by atoms with Crippen LogP contribution in [-0.4, -0.2) is 30.7 Å². The lowest BCUT2D eigenvalue weighted by atomic mass is 9.73. The first kappa shape index (κ1) is 12.9. The molecular weight excluding hydrogens is 192 g/mol. The van der Waals surface area contributed by atoms with E-state index in [1.807, 2.05) is 6.92 Å². The van der Waals surface area contributed by atoms with Crippen molar-refractivity contribution in [3.8, 4) is 0 Å². The predicted molar refractivity (Wildman–Crippen MR) is 59.6 cm³/mol. The number of rotatable bonds is 4. The van der Waals surface area contributed by atoms with Gasteiger partial charge in [0.05, 0.1) is 6.10 Å². The van der Waals surface area contributed by atoms with Crippen LogP contribution in [0.15, 0.2) is 0 Å². The Labute approximate surface area is 92.8 Å². The van der Waals surface area contributed by atoms with Crippen molar-refractivity contribution in [2.24, 2.45) is 11.8 Å². The molecule has 0 amide bonds. The molecule has 15 heavy (non-hydrogen) atoms. The Morgan fingerprint density at radius 2 is 2.00 bits per heavy atom. The summed E-state index contributed by atoms with van der Waals surface area (Å²) in [5, 5.41) is 9.77. The van der Waals surface area contributed by atoms with E-state index in [0.717, 1.165) is 19.3 Å². The number of hydrogen-bond donors (Lipinski definition) is 1. The SMILES string of the molecule is CCOC1(OC)C(C)CC(O)CC1CC. The molecule has 1 N–H and O–H groups in total. The van der Waals surface area contributed by atoms with Gasteiger partial charge >= 0.3 is 0 Å². The number of aliphatic hydroxyl groups is 1. The van der Waals surface area contributed by atoms with Crippen molar-refractivity contribution in [1.82, 2.24) is 0 Å². The fourth-order valence-corrected chi connectivity index (χ4v) is 2.93. The van der Waals surface area contributed by atoms with Gasteiger partial charge in [0.25, 0.3) is 0 Å². The average Bonchev–Trinajstić information content (AvgIpc) is 2.21. The van der Waals surface area contributed by atoms with E-state index < -0.39 is 5.79 Å². The largest absolute Gasteiger partial charge is 0.393 e. The van der Waals surface area contributed by atoms with Gasteiger partial charge in [-0.3, -0.25) is 0 Å². The lowest BCUT2D eigenvalue weighted by molar-refractivity contribution is -0.299. The van der Waals surface area contributed by atoms with Crippen LogP contribution >= 0.6 is 0 Å². The zero-order valence-electron chi connectivity index (χ0n) is 10.3. The molecule has 1 aliphatic rings. The molecule has 1 rings (SSSR count). The van der Waals surface area contributed by atoms with Gasteiger partial charge in [-0.2, -0.15) is 0 Å². The zero-order chi connectivity index (χ0) is 11.5. The van der Waals surface area contributed by atoms with Crippen molar-refractivity contribution in [3.63, 3.8) is 0 Å². The van der Waals surface area contributed by atoms with Crippen LogP contribution in [0.1, 0.15) is 40.0 Å². The van der Waals surface area contributed by atoms with Crippen LogP contribution in [0.2, 0.25) is 0 Å². The predicted octanol–water partition coefficient (Wildman–Crippen LogP) is 2.18. The minimum Gasteiger partial charge on any atom is -0.393 e. The number of ether oxygens (including phenoxy) is 2. The summed E-state index contributed by atoms with van der Waals surface area (Å²) in [7, 11) is 1.71. The molecule has 1 saturated carbocycles. The Morgan fingerprint density at radius 3 is 2.47 bits per heavy atom. The number of methoxy groups -OCH3 is 1. The Balaban J connectivity index is 2.87. The van der Waals surface area contributed by atoms with Gasteiger partial charge in [0, 0.05) is 25.6 Å². The Kier molecular flexibility index (Phi) is 4.56. The molecule has 0 aromatic rings. The molecule has 3 heteroatoms. The summed E-state index contributed by atoms with van der Waals surface area (Å²) in [6.07, 6.45) is 2.34. The van der Waals surface area contributed by atoms with E-state index >= 15 is 0 Å². The maximum absolute atomic E-state index is 9.77. The van der Waals surface area contributed by atoms with Gasteiger partial charge in [-0.1, -0.05) is 13.8 Å². The van der Waals surface area contributed by atoms with Gasteiger partial charge in [-0.05, 0) is 26.2 Å². The fraction of sp³-hybridized carbons (Fsp3) is 1.00. The smallest absolute Gasteiger partial charge is 0.173 e. The molecule has 1 fully saturated rings. The third kappa shape index (κ3) is 2.35. The fourth-order valence-electron chi connectivity index (χ4n) is 2.93. The molecule has 4 atom stereocenters. The summed E-state index contributed by atoms with van der Waals surface area (Å²) in [6, 6.07) is 0. The normalized spacial score (nSPS) is 41.8. The Hall–Kier alpha value is -0.120. The Morgan fingerprint density at radius 1 is 1.33 bits per heavy atom. The van der Waals surface area contributed by atoms with Gasteiger partial charge in [0.1, 0.15) is 0 Å². The lowest BCUT2D eigenvalue weighted by Gasteiger charge is -2.48. The third-order valence-corrected chi connectivity index (χ3v) is 3.62. The molecule has 0 aromatic heterocycles. The first-order valence-corrected chi connectivity index (χ1v) is 5.97. The van der Waals surface area contributed by atoms with E-state index in [0.29, 0.717) is 12.5 Å². The summed E-state index contributed by atoms with van der Waals surface area (Å²) < 4.78 is 11.5. The van der Waals surface area contributed by atoms with Gasteiger partial charge in [0.15, 0.2) is 5.79 Å². The minimum atomic E-state index is -0.483. The van der Waals surface area contributed by atoms with Gasteiger partial charge in [-0.25, -0.2) is 0 Å². The first-order valence-electron chi connectivity index (χ1n) is 5.97. The number of aliphatic hydroxyl groups excluding tert-OH is 1.